The molecule has 1 aromatic heterocycles. The number of hydrogen-bond acceptors (Lipinski definition) is 4. The van der Waals surface area contributed by atoms with Crippen LogP contribution in [0.25, 0.3) is 10.2 Å². The molecule has 0 saturated carbocycles. The molecule has 0 bridgehead atoms. The maximum Gasteiger partial charge on any atom is 0.321 e. The van der Waals surface area contributed by atoms with Crippen molar-refractivity contribution in [3.63, 3.8) is 0 Å². The highest BCUT2D eigenvalue weighted by Crippen LogP contribution is 2.25. The topological polar surface area (TPSA) is 65.5 Å². The Hall–Kier alpha value is -2.15. The van der Waals surface area contributed by atoms with Crippen LogP contribution in [0.1, 0.15) is 31.7 Å². The number of carbonyl (C=O) groups excluding carboxylic acids is 2. The van der Waals surface area contributed by atoms with Crippen molar-refractivity contribution >= 4 is 39.2 Å². The van der Waals surface area contributed by atoms with Gasteiger partial charge < -0.3 is 15.1 Å². The van der Waals surface area contributed by atoms with Gasteiger partial charge in [-0.1, -0.05) is 0 Å². The summed E-state index contributed by atoms with van der Waals surface area (Å²) in [6.07, 6.45) is 1.71. The molecule has 3 amide bonds. The summed E-state index contributed by atoms with van der Waals surface area (Å²) in [6.45, 7) is 8.57. The van der Waals surface area contributed by atoms with Crippen LogP contribution in [0.4, 0.5) is 10.5 Å². The highest BCUT2D eigenvalue weighted by Gasteiger charge is 2.30. The monoisotopic (exact) mass is 374 g/mol. The van der Waals surface area contributed by atoms with E-state index in [2.05, 4.69) is 10.3 Å². The lowest BCUT2D eigenvalue weighted by Crippen LogP contribution is -2.47. The Labute approximate surface area is 158 Å². The van der Waals surface area contributed by atoms with E-state index >= 15 is 0 Å². The molecule has 1 aliphatic rings. The Morgan fingerprint density at radius 2 is 2.12 bits per heavy atom. The molecule has 0 spiro atoms. The number of aryl methyl sites for hydroxylation is 1. The van der Waals surface area contributed by atoms with Crippen molar-refractivity contribution in [2.75, 3.05) is 31.5 Å². The lowest BCUT2D eigenvalue weighted by Gasteiger charge is -2.34. The van der Waals surface area contributed by atoms with Gasteiger partial charge in [0.15, 0.2) is 0 Å². The van der Waals surface area contributed by atoms with E-state index in [4.69, 9.17) is 0 Å². The molecule has 1 N–H and O–H groups in total. The molecule has 3 rings (SSSR count). The molecule has 0 radical (unpaired) electrons. The molecule has 1 aliphatic heterocycles. The highest BCUT2D eigenvalue weighted by molar-refractivity contribution is 7.18. The Morgan fingerprint density at radius 1 is 1.35 bits per heavy atom. The Balaban J connectivity index is 1.65. The average Bonchev–Trinajstić information content (AvgIpc) is 3.02. The number of thiazole rings is 1. The van der Waals surface area contributed by atoms with Gasteiger partial charge in [0.1, 0.15) is 0 Å². The van der Waals surface area contributed by atoms with Gasteiger partial charge >= 0.3 is 6.03 Å². The van der Waals surface area contributed by atoms with Gasteiger partial charge in [0.25, 0.3) is 0 Å². The third-order valence-electron chi connectivity index (χ3n) is 4.88. The van der Waals surface area contributed by atoms with Gasteiger partial charge in [-0.05, 0) is 51.8 Å². The fourth-order valence-corrected chi connectivity index (χ4v) is 4.34. The summed E-state index contributed by atoms with van der Waals surface area (Å²) >= 11 is 1.62. The number of nitrogens with one attached hydrogen (secondary N) is 1. The number of hydrogen-bond donors (Lipinski definition) is 1. The number of carbonyl (C=O) groups is 2. The lowest BCUT2D eigenvalue weighted by atomic mass is 9.96. The maximum atomic E-state index is 12.7. The van der Waals surface area contributed by atoms with Crippen LogP contribution in [0.5, 0.6) is 0 Å². The first-order chi connectivity index (χ1) is 12.5. The molecule has 140 valence electrons. The van der Waals surface area contributed by atoms with E-state index < -0.39 is 0 Å². The fraction of sp³-hybridized carbons (Fsp3) is 0.526. The van der Waals surface area contributed by atoms with E-state index in [1.165, 1.54) is 0 Å². The van der Waals surface area contributed by atoms with E-state index in [0.717, 1.165) is 33.8 Å². The molecule has 2 heterocycles. The van der Waals surface area contributed by atoms with Gasteiger partial charge in [0.2, 0.25) is 5.91 Å². The summed E-state index contributed by atoms with van der Waals surface area (Å²) in [4.78, 5) is 33.3. The number of rotatable bonds is 4. The van der Waals surface area contributed by atoms with Crippen LogP contribution in [0.2, 0.25) is 0 Å². The SMILES string of the molecule is CCN(CC)C(=O)[C@@H]1CCCN(C(=O)Nc2ccc3nc(C)sc3c2)C1. The quantitative estimate of drug-likeness (QED) is 0.887. The largest absolute Gasteiger partial charge is 0.343 e. The van der Waals surface area contributed by atoms with Crippen LogP contribution >= 0.6 is 11.3 Å². The molecular weight excluding hydrogens is 348 g/mol. The molecule has 6 nitrogen and oxygen atoms in total. The minimum absolute atomic E-state index is 0.0963. The third kappa shape index (κ3) is 3.98. The van der Waals surface area contributed by atoms with E-state index in [9.17, 15) is 9.59 Å². The predicted molar refractivity (Wildman–Crippen MR) is 106 cm³/mol. The van der Waals surface area contributed by atoms with E-state index in [-0.39, 0.29) is 17.9 Å². The number of anilines is 1. The molecular formula is C19H26N4O2S. The van der Waals surface area contributed by atoms with Gasteiger partial charge in [0, 0.05) is 31.9 Å². The molecule has 1 atom stereocenters. The van der Waals surface area contributed by atoms with E-state index in [1.54, 1.807) is 16.2 Å². The smallest absolute Gasteiger partial charge is 0.321 e. The van der Waals surface area contributed by atoms with Crippen molar-refractivity contribution in [3.8, 4) is 0 Å². The Bertz CT molecular complexity index is 800. The normalized spacial score (nSPS) is 17.3. The second kappa shape index (κ2) is 8.03. The molecule has 0 unspecified atom stereocenters. The van der Waals surface area contributed by atoms with E-state index in [1.807, 2.05) is 43.9 Å². The Kier molecular flexibility index (Phi) is 5.76. The number of amides is 3. The van der Waals surface area contributed by atoms with Crippen LogP contribution in [-0.4, -0.2) is 52.9 Å². The van der Waals surface area contributed by atoms with Crippen molar-refractivity contribution in [2.45, 2.75) is 33.6 Å². The van der Waals surface area contributed by atoms with Crippen LogP contribution in [0, 0.1) is 12.8 Å². The standard InChI is InChI=1S/C19H26N4O2S/c1-4-22(5-2)18(24)14-7-6-10-23(12-14)19(25)21-15-8-9-16-17(11-15)26-13(3)20-16/h8-9,11,14H,4-7,10,12H2,1-3H3,(H,21,25)/t14-/m1/s1. The fourth-order valence-electron chi connectivity index (χ4n) is 3.48. The average molecular weight is 375 g/mol. The van der Waals surface area contributed by atoms with Gasteiger partial charge in [-0.3, -0.25) is 4.79 Å². The summed E-state index contributed by atoms with van der Waals surface area (Å²) in [5, 5.41) is 3.98. The van der Waals surface area contributed by atoms with Crippen LogP contribution < -0.4 is 5.32 Å². The van der Waals surface area contributed by atoms with Gasteiger partial charge in [-0.25, -0.2) is 9.78 Å². The summed E-state index contributed by atoms with van der Waals surface area (Å²) in [5.74, 6) is 0.0649. The van der Waals surface area contributed by atoms with Crippen LogP contribution in [0.15, 0.2) is 18.2 Å². The number of fused-ring (bicyclic) bond motifs is 1. The van der Waals surface area contributed by atoms with Crippen molar-refractivity contribution in [1.29, 1.82) is 0 Å². The summed E-state index contributed by atoms with van der Waals surface area (Å²) in [5.41, 5.74) is 1.72. The number of benzene rings is 1. The van der Waals surface area contributed by atoms with Crippen molar-refractivity contribution in [1.82, 2.24) is 14.8 Å². The molecule has 7 heteroatoms. The second-order valence-electron chi connectivity index (χ2n) is 6.64. The zero-order valence-electron chi connectivity index (χ0n) is 15.6. The summed E-state index contributed by atoms with van der Waals surface area (Å²) in [7, 11) is 0. The molecule has 2 aromatic rings. The van der Waals surface area contributed by atoms with Gasteiger partial charge in [-0.15, -0.1) is 11.3 Å². The van der Waals surface area contributed by atoms with Gasteiger partial charge in [0.05, 0.1) is 21.1 Å². The minimum Gasteiger partial charge on any atom is -0.343 e. The van der Waals surface area contributed by atoms with Crippen molar-refractivity contribution < 1.29 is 9.59 Å². The second-order valence-corrected chi connectivity index (χ2v) is 7.88. The van der Waals surface area contributed by atoms with Crippen molar-refractivity contribution in [2.24, 2.45) is 5.92 Å². The highest BCUT2D eigenvalue weighted by atomic mass is 32.1. The third-order valence-corrected chi connectivity index (χ3v) is 5.81. The molecule has 1 fully saturated rings. The molecule has 1 aromatic carbocycles. The summed E-state index contributed by atoms with van der Waals surface area (Å²) < 4.78 is 1.06. The number of likely N-dealkylation sites (tertiary alicyclic amines) is 1. The first-order valence-corrected chi connectivity index (χ1v) is 10.0. The maximum absolute atomic E-state index is 12.7. The Morgan fingerprint density at radius 3 is 2.85 bits per heavy atom. The number of piperidine rings is 1. The predicted octanol–water partition coefficient (Wildman–Crippen LogP) is 3.72. The number of nitrogens with zero attached hydrogens (tertiary/aromatic N) is 3. The zero-order chi connectivity index (χ0) is 18.7. The molecule has 1 saturated heterocycles. The first kappa shape index (κ1) is 18.6. The summed E-state index contributed by atoms with van der Waals surface area (Å²) in [6, 6.07) is 5.63. The van der Waals surface area contributed by atoms with Crippen LogP contribution in [0.3, 0.4) is 0 Å². The number of urea groups is 1. The van der Waals surface area contributed by atoms with E-state index in [0.29, 0.717) is 26.2 Å². The van der Waals surface area contributed by atoms with Crippen molar-refractivity contribution in [3.05, 3.63) is 23.2 Å². The zero-order valence-corrected chi connectivity index (χ0v) is 16.4. The molecule has 0 aliphatic carbocycles. The molecule has 26 heavy (non-hydrogen) atoms. The minimum atomic E-state index is -0.136. The number of aromatic nitrogens is 1. The first-order valence-electron chi connectivity index (χ1n) is 9.23. The van der Waals surface area contributed by atoms with Crippen LogP contribution in [-0.2, 0) is 4.79 Å². The van der Waals surface area contributed by atoms with Gasteiger partial charge in [-0.2, -0.15) is 0 Å². The lowest BCUT2D eigenvalue weighted by molar-refractivity contribution is -0.136.